The van der Waals surface area contributed by atoms with Gasteiger partial charge < -0.3 is 16.0 Å². The fourth-order valence-electron chi connectivity index (χ4n) is 13.6. The second-order valence-electron chi connectivity index (χ2n) is 26.4. The number of nitrogens with zero attached hydrogens (tertiary/aromatic N) is 4. The number of nitrogens with one attached hydrogen (secondary N) is 2. The number of H-pyrrole nitrogens is 1. The van der Waals surface area contributed by atoms with Crippen molar-refractivity contribution in [2.75, 3.05) is 11.1 Å². The Hall–Kier alpha value is -13.5. The second-order valence-corrected chi connectivity index (χ2v) is 28.8. The Bertz CT molecular complexity index is 6260. The van der Waals surface area contributed by atoms with Crippen LogP contribution in [0.25, 0.3) is 143 Å². The van der Waals surface area contributed by atoms with Gasteiger partial charge in [0.2, 0.25) is 0 Å². The molecule has 4 aromatic heterocycles. The van der Waals surface area contributed by atoms with Crippen LogP contribution in [0.15, 0.2) is 394 Å². The summed E-state index contributed by atoms with van der Waals surface area (Å²) in [6, 6.07) is 134. The molecule has 20 aromatic rings. The lowest BCUT2D eigenvalue weighted by Crippen LogP contribution is -1.97. The Balaban J connectivity index is 0.000000135. The fourth-order valence-corrected chi connectivity index (χ4v) is 15.1. The molecule has 0 spiro atoms. The van der Waals surface area contributed by atoms with E-state index in [1.54, 1.807) is 0 Å². The zero-order valence-electron chi connectivity index (χ0n) is 60.3. The molecular weight excluding hydrogens is 1500 g/mol. The molecule has 0 amide bonds. The van der Waals surface area contributed by atoms with Crippen molar-refractivity contribution in [3.05, 3.63) is 415 Å². The monoisotopic (exact) mass is 1580 g/mol. The molecule has 8 nitrogen and oxygen atoms in total. The van der Waals surface area contributed by atoms with Gasteiger partial charge in [-0.3, -0.25) is 18.6 Å². The molecule has 4 heterocycles. The van der Waals surface area contributed by atoms with Crippen LogP contribution in [0.1, 0.15) is 32.6 Å². The maximum Gasteiger partial charge on any atom is 0.150 e. The van der Waals surface area contributed by atoms with Crippen molar-refractivity contribution in [2.24, 2.45) is 0 Å². The van der Waals surface area contributed by atoms with Crippen molar-refractivity contribution in [1.29, 1.82) is 0 Å². The van der Waals surface area contributed by atoms with Crippen LogP contribution in [0.2, 0.25) is 15.1 Å². The van der Waals surface area contributed by atoms with Crippen molar-refractivity contribution >= 4 is 134 Å². The summed E-state index contributed by atoms with van der Waals surface area (Å²) < 4.78 is 7.07. The molecule has 0 aliphatic heterocycles. The minimum Gasteiger partial charge on any atom is -0.397 e. The van der Waals surface area contributed by atoms with Gasteiger partial charge in [-0.05, 0) is 190 Å². The molecule has 13 heteroatoms. The maximum absolute atomic E-state index is 10.5. The molecule has 20 rings (SSSR count). The van der Waals surface area contributed by atoms with Gasteiger partial charge in [-0.2, -0.15) is 0 Å². The van der Waals surface area contributed by atoms with Crippen LogP contribution in [0.3, 0.4) is 0 Å². The molecule has 0 unspecified atom stereocenters. The zero-order valence-corrected chi connectivity index (χ0v) is 63.4. The molecule has 16 aromatic carbocycles. The van der Waals surface area contributed by atoms with Gasteiger partial charge in [-0.25, -0.2) is 9.97 Å². The molecule has 115 heavy (non-hydrogen) atoms. The predicted molar refractivity (Wildman–Crippen MR) is 494 cm³/mol. The average molecular weight is 1580 g/mol. The highest BCUT2D eigenvalue weighted by Gasteiger charge is 2.18. The molecule has 0 aliphatic rings. The fraction of sp³-hybridized carbons (Fsp3) is 0.0294. The molecule has 0 aliphatic carbocycles. The van der Waals surface area contributed by atoms with Gasteiger partial charge >= 0.3 is 0 Å². The first-order valence-corrected chi connectivity index (χ1v) is 38.2. The summed E-state index contributed by atoms with van der Waals surface area (Å²) in [6.07, 6.45) is 0.856. The highest BCUT2D eigenvalue weighted by atomic mass is 35.5. The summed E-state index contributed by atoms with van der Waals surface area (Å²) in [5.74, 6) is 1.84. The molecule has 0 radical (unpaired) electrons. The second kappa shape index (κ2) is 37.7. The third-order valence-electron chi connectivity index (χ3n) is 19.2. The van der Waals surface area contributed by atoms with Gasteiger partial charge in [-0.15, -0.1) is 11.3 Å². The smallest absolute Gasteiger partial charge is 0.150 e. The van der Waals surface area contributed by atoms with Crippen LogP contribution in [0, 0.1) is 0 Å². The number of hydrogen-bond acceptors (Lipinski definition) is 6. The third kappa shape index (κ3) is 18.5. The number of nitrogen functional groups attached to an aromatic ring is 1. The van der Waals surface area contributed by atoms with Crippen LogP contribution < -0.4 is 11.1 Å². The number of thiophene rings is 1. The maximum atomic E-state index is 10.5. The van der Waals surface area contributed by atoms with Gasteiger partial charge in [0.1, 0.15) is 17.9 Å². The Kier molecular flexibility index (Phi) is 26.6. The van der Waals surface area contributed by atoms with Crippen molar-refractivity contribution in [3.63, 3.8) is 0 Å². The topological polar surface area (TPSA) is 107 Å². The molecule has 0 atom stereocenters. The molecule has 566 valence electrons. The molecule has 0 fully saturated rings. The number of hydrogen-bond donors (Lipinski definition) is 3. The van der Waals surface area contributed by atoms with Crippen molar-refractivity contribution in [1.82, 2.24) is 24.1 Å². The van der Waals surface area contributed by atoms with Crippen molar-refractivity contribution in [3.8, 4) is 78.7 Å². The van der Waals surface area contributed by atoms with Crippen LogP contribution in [0.4, 0.5) is 21.8 Å². The first kappa shape index (κ1) is 81.1. The number of halogens is 4. The Morgan fingerprint density at radius 3 is 1.19 bits per heavy atom. The number of carbonyl (C=O) groups is 1. The number of nitrogens with two attached hydrogens (primary N) is 1. The number of aldehydes is 1. The Morgan fingerprint density at radius 2 is 0.696 bits per heavy atom. The normalized spacial score (nSPS) is 10.5. The van der Waals surface area contributed by atoms with E-state index in [0.717, 1.165) is 100 Å². The lowest BCUT2D eigenvalue weighted by atomic mass is 10.0. The van der Waals surface area contributed by atoms with Crippen LogP contribution >= 0.6 is 46.1 Å². The van der Waals surface area contributed by atoms with Crippen LogP contribution in [0.5, 0.6) is 0 Å². The zero-order chi connectivity index (χ0) is 75.4. The highest BCUT2D eigenvalue weighted by Crippen LogP contribution is 2.39. The van der Waals surface area contributed by atoms with E-state index < -0.39 is 0 Å². The van der Waals surface area contributed by atoms with E-state index in [1.807, 2.05) is 199 Å². The first-order valence-electron chi connectivity index (χ1n) is 36.3. The van der Waals surface area contributed by atoms with E-state index in [0.29, 0.717) is 5.56 Å². The van der Waals surface area contributed by atoms with Crippen molar-refractivity contribution in [2.45, 2.75) is 22.3 Å². The summed E-state index contributed by atoms with van der Waals surface area (Å²) in [6.45, 7) is 0. The standard InChI is InChI=1S/2C25H17ClN2.C24H15NS.C13H10O.C12H11ClN2.3CH4.FH/c2*26-21-14-16-22(17-15-21)28-24-9-5-4-8-23(24)27-25(28)20-12-10-19(11-13-20)18-6-2-1-3-7-18;1-3-7-21-17(5-1)19-13-15(9-11-22(19)25-21)16-10-12-24-20(14-16)18-6-2-4-8-23(18)26-24;14-10-11-6-8-13(9-7-11)12-4-2-1-3-5-12;13-9-5-7-10(8-6-9)15-12-4-2-1-3-11(12)14;;;;/h2*1-17H;1-14,25H;1-10H;1-8,15H,14H2;3*1H4;1H. The summed E-state index contributed by atoms with van der Waals surface area (Å²) in [5.41, 5.74) is 29.5. The van der Waals surface area contributed by atoms with E-state index in [2.05, 4.69) is 226 Å². The van der Waals surface area contributed by atoms with E-state index >= 15 is 0 Å². The van der Waals surface area contributed by atoms with E-state index in [1.165, 1.54) is 80.9 Å². The number of benzene rings is 16. The Morgan fingerprint density at radius 1 is 0.330 bits per heavy atom. The van der Waals surface area contributed by atoms with E-state index in [4.69, 9.17) is 50.5 Å². The molecule has 0 saturated carbocycles. The summed E-state index contributed by atoms with van der Waals surface area (Å²) in [5, 5.41) is 10.7. The number of fused-ring (bicyclic) bond motifs is 8. The molecular formula is C102H83Cl3FN7OS. The SMILES string of the molecule is C.C.C.Clc1ccc(-n2c(-c3ccc(-c4ccccc4)cc3)nc3ccccc32)cc1.Clc1ccc(-n2c(-c3ccc(-c4ccccc4)cc3)nc3ccccc32)cc1.F.Nc1ccccc1Nc1ccc(Cl)cc1.O=Cc1ccc(-c2ccccc2)cc1.c1ccc2c(c1)[nH]c1ccc(-c3ccc4sc5ccccc5c4c3)cc12. The summed E-state index contributed by atoms with van der Waals surface area (Å²) in [4.78, 5) is 23.8. The van der Waals surface area contributed by atoms with Crippen molar-refractivity contribution < 1.29 is 9.50 Å². The number of para-hydroxylation sites is 7. The minimum atomic E-state index is 0. The van der Waals surface area contributed by atoms with Gasteiger partial charge in [0.25, 0.3) is 0 Å². The number of imidazole rings is 2. The van der Waals surface area contributed by atoms with Crippen LogP contribution in [-0.2, 0) is 0 Å². The summed E-state index contributed by atoms with van der Waals surface area (Å²) in [7, 11) is 0. The lowest BCUT2D eigenvalue weighted by molar-refractivity contribution is 0.112. The highest BCUT2D eigenvalue weighted by molar-refractivity contribution is 7.25. The number of carbonyl (C=O) groups excluding carboxylic acids is 1. The van der Waals surface area contributed by atoms with E-state index in [9.17, 15) is 4.79 Å². The number of anilines is 3. The predicted octanol–water partition coefficient (Wildman–Crippen LogP) is 30.3. The largest absolute Gasteiger partial charge is 0.397 e. The van der Waals surface area contributed by atoms with Gasteiger partial charge in [0.05, 0.1) is 33.4 Å². The third-order valence-corrected chi connectivity index (χ3v) is 21.2. The van der Waals surface area contributed by atoms with Gasteiger partial charge in [0.15, 0.2) is 0 Å². The molecule has 4 N–H and O–H groups in total. The molecule has 0 bridgehead atoms. The number of aromatic amines is 1. The minimum absolute atomic E-state index is 0. The lowest BCUT2D eigenvalue weighted by Gasteiger charge is -2.10. The number of aromatic nitrogens is 5. The number of rotatable bonds is 11. The van der Waals surface area contributed by atoms with Gasteiger partial charge in [-0.1, -0.05) is 306 Å². The Labute approximate surface area is 689 Å². The quantitative estimate of drug-likeness (QED) is 0.0884. The van der Waals surface area contributed by atoms with E-state index in [-0.39, 0.29) is 27.0 Å². The summed E-state index contributed by atoms with van der Waals surface area (Å²) >= 11 is 19.9. The van der Waals surface area contributed by atoms with Gasteiger partial charge in [0, 0.05) is 90.8 Å². The van der Waals surface area contributed by atoms with Crippen LogP contribution in [-0.4, -0.2) is 30.4 Å². The average Bonchev–Trinajstić information content (AvgIpc) is 1.60. The first-order chi connectivity index (χ1) is 54.6. The molecule has 0 saturated heterocycles.